The number of benzene rings is 1. The Labute approximate surface area is 191 Å². The van der Waals surface area contributed by atoms with E-state index in [-0.39, 0.29) is 17.9 Å². The maximum atomic E-state index is 13.5. The van der Waals surface area contributed by atoms with Crippen LogP contribution in [-0.4, -0.2) is 48.1 Å². The van der Waals surface area contributed by atoms with Gasteiger partial charge >= 0.3 is 0 Å². The van der Waals surface area contributed by atoms with Crippen molar-refractivity contribution < 1.29 is 13.2 Å². The van der Waals surface area contributed by atoms with Gasteiger partial charge in [-0.3, -0.25) is 9.78 Å². The fourth-order valence-electron chi connectivity index (χ4n) is 5.22. The highest BCUT2D eigenvalue weighted by atomic mass is 32.2. The molecule has 0 bridgehead atoms. The summed E-state index contributed by atoms with van der Waals surface area (Å²) in [5.74, 6) is 0.0346. The standard InChI is InChI=1S/C25H33N3O3S/c1-17-15-18(2)20(4)24(19(17)3)32(30,31)27-13-9-21(10-14-27)25(29)28-12-6-8-23(28)22-7-5-11-26-16-22/h5,7,11,15-16,21,23H,6,8-10,12-14H2,1-4H3. The van der Waals surface area contributed by atoms with Gasteiger partial charge in [-0.25, -0.2) is 8.42 Å². The minimum absolute atomic E-state index is 0.0820. The van der Waals surface area contributed by atoms with Crippen molar-refractivity contribution in [3.05, 3.63) is 58.4 Å². The van der Waals surface area contributed by atoms with Gasteiger partial charge in [-0.2, -0.15) is 4.31 Å². The molecular formula is C25H33N3O3S. The quantitative estimate of drug-likeness (QED) is 0.697. The molecule has 7 heteroatoms. The molecule has 3 heterocycles. The van der Waals surface area contributed by atoms with Crippen LogP contribution in [0.4, 0.5) is 0 Å². The molecule has 32 heavy (non-hydrogen) atoms. The Balaban J connectivity index is 1.48. The van der Waals surface area contributed by atoms with Gasteiger partial charge in [-0.1, -0.05) is 12.1 Å². The molecule has 2 aliphatic rings. The molecule has 6 nitrogen and oxygen atoms in total. The third kappa shape index (κ3) is 4.08. The number of nitrogens with zero attached hydrogens (tertiary/aromatic N) is 3. The first-order chi connectivity index (χ1) is 15.2. The molecule has 1 atom stereocenters. The summed E-state index contributed by atoms with van der Waals surface area (Å²) in [5.41, 5.74) is 4.71. The minimum atomic E-state index is -3.59. The van der Waals surface area contributed by atoms with E-state index in [9.17, 15) is 13.2 Å². The summed E-state index contributed by atoms with van der Waals surface area (Å²) in [5, 5.41) is 0. The molecule has 172 valence electrons. The van der Waals surface area contributed by atoms with Crippen LogP contribution in [0.3, 0.4) is 0 Å². The van der Waals surface area contributed by atoms with Crippen LogP contribution in [-0.2, 0) is 14.8 Å². The van der Waals surface area contributed by atoms with Crippen molar-refractivity contribution in [1.82, 2.24) is 14.2 Å². The zero-order chi connectivity index (χ0) is 23.0. The van der Waals surface area contributed by atoms with E-state index in [4.69, 9.17) is 0 Å². The van der Waals surface area contributed by atoms with E-state index in [1.54, 1.807) is 10.5 Å². The number of amides is 1. The molecule has 0 radical (unpaired) electrons. The summed E-state index contributed by atoms with van der Waals surface area (Å²) in [7, 11) is -3.59. The molecule has 1 aromatic carbocycles. The van der Waals surface area contributed by atoms with Crippen LogP contribution in [0.2, 0.25) is 0 Å². The third-order valence-corrected chi connectivity index (χ3v) is 9.48. The van der Waals surface area contributed by atoms with Crippen molar-refractivity contribution in [3.8, 4) is 0 Å². The highest BCUT2D eigenvalue weighted by Gasteiger charge is 2.38. The fourth-order valence-corrected chi connectivity index (χ4v) is 7.27. The lowest BCUT2D eigenvalue weighted by molar-refractivity contribution is -0.137. The molecule has 1 unspecified atom stereocenters. The molecule has 1 aromatic heterocycles. The second kappa shape index (κ2) is 8.94. The lowest BCUT2D eigenvalue weighted by atomic mass is 9.95. The number of likely N-dealkylation sites (tertiary alicyclic amines) is 1. The number of rotatable bonds is 4. The highest BCUT2D eigenvalue weighted by molar-refractivity contribution is 7.89. The number of aromatic nitrogens is 1. The summed E-state index contributed by atoms with van der Waals surface area (Å²) >= 11 is 0. The number of hydrogen-bond acceptors (Lipinski definition) is 4. The molecular weight excluding hydrogens is 422 g/mol. The Bertz CT molecular complexity index is 1080. The number of aryl methyl sites for hydroxylation is 2. The van der Waals surface area contributed by atoms with Crippen LogP contribution in [0, 0.1) is 33.6 Å². The Kier molecular flexibility index (Phi) is 6.41. The molecule has 2 saturated heterocycles. The van der Waals surface area contributed by atoms with Crippen molar-refractivity contribution >= 4 is 15.9 Å². The number of piperidine rings is 1. The predicted molar refractivity (Wildman–Crippen MR) is 125 cm³/mol. The number of hydrogen-bond donors (Lipinski definition) is 0. The average molecular weight is 456 g/mol. The Morgan fingerprint density at radius 1 is 1.00 bits per heavy atom. The van der Waals surface area contributed by atoms with Crippen molar-refractivity contribution in [3.63, 3.8) is 0 Å². The van der Waals surface area contributed by atoms with Crippen LogP contribution >= 0.6 is 0 Å². The lowest BCUT2D eigenvalue weighted by Gasteiger charge is -2.35. The molecule has 0 saturated carbocycles. The molecule has 4 rings (SSSR count). The zero-order valence-corrected chi connectivity index (χ0v) is 20.3. The van der Waals surface area contributed by atoms with Gasteiger partial charge in [0.2, 0.25) is 15.9 Å². The monoisotopic (exact) mass is 455 g/mol. The van der Waals surface area contributed by atoms with E-state index >= 15 is 0 Å². The topological polar surface area (TPSA) is 70.6 Å². The van der Waals surface area contributed by atoms with Gasteiger partial charge in [0.05, 0.1) is 10.9 Å². The van der Waals surface area contributed by atoms with Gasteiger partial charge in [0.25, 0.3) is 0 Å². The van der Waals surface area contributed by atoms with Gasteiger partial charge in [0.1, 0.15) is 0 Å². The van der Waals surface area contributed by atoms with Crippen LogP contribution in [0.15, 0.2) is 35.5 Å². The maximum absolute atomic E-state index is 13.5. The Morgan fingerprint density at radius 3 is 2.25 bits per heavy atom. The SMILES string of the molecule is Cc1cc(C)c(C)c(S(=O)(=O)N2CCC(C(=O)N3CCCC3c3cccnc3)CC2)c1C. The first-order valence-electron chi connectivity index (χ1n) is 11.5. The lowest BCUT2D eigenvalue weighted by Crippen LogP contribution is -2.44. The van der Waals surface area contributed by atoms with Gasteiger partial charge in [0.15, 0.2) is 0 Å². The second-order valence-corrected chi connectivity index (χ2v) is 11.1. The van der Waals surface area contributed by atoms with E-state index in [0.29, 0.717) is 30.8 Å². The highest BCUT2D eigenvalue weighted by Crippen LogP contribution is 2.36. The van der Waals surface area contributed by atoms with Gasteiger partial charge in [-0.05, 0) is 87.3 Å². The predicted octanol–water partition coefficient (Wildman–Crippen LogP) is 4.08. The summed E-state index contributed by atoms with van der Waals surface area (Å²) < 4.78 is 28.6. The van der Waals surface area contributed by atoms with Crippen LogP contribution in [0.1, 0.15) is 59.5 Å². The van der Waals surface area contributed by atoms with Crippen LogP contribution < -0.4 is 0 Å². The summed E-state index contributed by atoms with van der Waals surface area (Å²) in [6.45, 7) is 9.22. The first kappa shape index (κ1) is 22.9. The molecule has 0 spiro atoms. The van der Waals surface area contributed by atoms with Crippen molar-refractivity contribution in [1.29, 1.82) is 0 Å². The maximum Gasteiger partial charge on any atom is 0.243 e. The molecule has 1 amide bonds. The smallest absolute Gasteiger partial charge is 0.243 e. The summed E-state index contributed by atoms with van der Waals surface area (Å²) in [4.78, 5) is 20.0. The molecule has 0 N–H and O–H groups in total. The van der Waals surface area contributed by atoms with E-state index in [1.807, 2.05) is 57.0 Å². The molecule has 2 fully saturated rings. The average Bonchev–Trinajstić information content (AvgIpc) is 3.28. The third-order valence-electron chi connectivity index (χ3n) is 7.30. The van der Waals surface area contributed by atoms with Gasteiger partial charge in [0, 0.05) is 37.9 Å². The summed E-state index contributed by atoms with van der Waals surface area (Å²) in [6.07, 6.45) is 6.67. The summed E-state index contributed by atoms with van der Waals surface area (Å²) in [6, 6.07) is 6.07. The van der Waals surface area contributed by atoms with Gasteiger partial charge in [-0.15, -0.1) is 0 Å². The van der Waals surface area contributed by atoms with Gasteiger partial charge < -0.3 is 4.90 Å². The van der Waals surface area contributed by atoms with E-state index in [1.165, 1.54) is 0 Å². The Morgan fingerprint density at radius 2 is 1.66 bits per heavy atom. The number of sulfonamides is 1. The van der Waals surface area contributed by atoms with Crippen molar-refractivity contribution in [2.24, 2.45) is 5.92 Å². The number of pyridine rings is 1. The minimum Gasteiger partial charge on any atom is -0.335 e. The van der Waals surface area contributed by atoms with E-state index in [0.717, 1.165) is 47.2 Å². The first-order valence-corrected chi connectivity index (χ1v) is 12.9. The molecule has 0 aliphatic carbocycles. The second-order valence-electron chi connectivity index (χ2n) is 9.24. The van der Waals surface area contributed by atoms with Crippen LogP contribution in [0.25, 0.3) is 0 Å². The largest absolute Gasteiger partial charge is 0.335 e. The zero-order valence-electron chi connectivity index (χ0n) is 19.5. The van der Waals surface area contributed by atoms with Crippen molar-refractivity contribution in [2.75, 3.05) is 19.6 Å². The number of carbonyl (C=O) groups is 1. The molecule has 2 aromatic rings. The van der Waals surface area contributed by atoms with E-state index in [2.05, 4.69) is 4.98 Å². The molecule has 2 aliphatic heterocycles. The van der Waals surface area contributed by atoms with Crippen molar-refractivity contribution in [2.45, 2.75) is 64.3 Å². The number of carbonyl (C=O) groups excluding carboxylic acids is 1. The normalized spacial score (nSPS) is 20.6. The van der Waals surface area contributed by atoms with Crippen LogP contribution in [0.5, 0.6) is 0 Å². The Hall–Kier alpha value is -2.25. The van der Waals surface area contributed by atoms with E-state index < -0.39 is 10.0 Å². The fraction of sp³-hybridized carbons (Fsp3) is 0.520.